The van der Waals surface area contributed by atoms with Crippen LogP contribution in [0.4, 0.5) is 0 Å². The molecule has 0 unspecified atom stereocenters. The van der Waals surface area contributed by atoms with Gasteiger partial charge in [-0.15, -0.1) is 0 Å². The zero-order valence-corrected chi connectivity index (χ0v) is 29.8. The zero-order valence-electron chi connectivity index (χ0n) is 29.8. The van der Waals surface area contributed by atoms with E-state index in [-0.39, 0.29) is 0 Å². The molecule has 3 heterocycles. The molecule has 5 heteroatoms. The summed E-state index contributed by atoms with van der Waals surface area (Å²) in [5.41, 5.74) is 12.3. The smallest absolute Gasteiger partial charge is 0.164 e. The Morgan fingerprint density at radius 3 is 1.38 bits per heavy atom. The Morgan fingerprint density at radius 2 is 0.800 bits per heavy atom. The Labute approximate surface area is 318 Å². The van der Waals surface area contributed by atoms with E-state index in [2.05, 4.69) is 144 Å². The van der Waals surface area contributed by atoms with Crippen LogP contribution in [0.25, 0.3) is 95.2 Å². The van der Waals surface area contributed by atoms with Crippen molar-refractivity contribution >= 4 is 16.3 Å². The summed E-state index contributed by atoms with van der Waals surface area (Å²) in [5.74, 6) is 1.89. The third-order valence-electron chi connectivity index (χ3n) is 10.0. The minimum absolute atomic E-state index is 0.618. The van der Waals surface area contributed by atoms with Crippen molar-refractivity contribution in [2.75, 3.05) is 0 Å². The Kier molecular flexibility index (Phi) is 8.08. The van der Waals surface area contributed by atoms with Gasteiger partial charge < -0.3 is 0 Å². The first-order valence-electron chi connectivity index (χ1n) is 18.4. The number of rotatable bonds is 7. The highest BCUT2D eigenvalue weighted by Crippen LogP contribution is 2.44. The molecule has 55 heavy (non-hydrogen) atoms. The highest BCUT2D eigenvalue weighted by Gasteiger charge is 2.23. The van der Waals surface area contributed by atoms with Crippen LogP contribution in [-0.2, 0) is 0 Å². The minimum atomic E-state index is 0.618. The molecule has 0 saturated heterocycles. The van der Waals surface area contributed by atoms with Gasteiger partial charge in [-0.25, -0.2) is 19.5 Å². The molecule has 0 aliphatic rings. The van der Waals surface area contributed by atoms with E-state index in [0.717, 1.165) is 77.7 Å². The second kappa shape index (κ2) is 13.8. The number of pyridine rings is 1. The lowest BCUT2D eigenvalue weighted by molar-refractivity contribution is 0.980. The van der Waals surface area contributed by atoms with Crippen molar-refractivity contribution in [3.63, 3.8) is 0 Å². The monoisotopic (exact) mass is 703 g/mol. The van der Waals surface area contributed by atoms with Crippen molar-refractivity contribution in [3.8, 4) is 78.9 Å². The summed E-state index contributed by atoms with van der Waals surface area (Å²) >= 11 is 0. The standard InChI is InChI=1S/C50H33N5/c1-6-18-34(19-7-1)43-33-40-29-17-31-42(44(40)47-45(35-20-8-2-9-21-35)46(54-55(43)47)36-22-10-3-11-23-36)39-28-16-30-41(32-39)50-52-48(37-24-12-4-13-25-37)51-49(53-50)38-26-14-5-15-27-38/h1-33H. The van der Waals surface area contributed by atoms with Crippen LogP contribution < -0.4 is 0 Å². The van der Waals surface area contributed by atoms with Crippen LogP contribution in [0.5, 0.6) is 0 Å². The van der Waals surface area contributed by atoms with Gasteiger partial charge in [-0.1, -0.05) is 188 Å². The summed E-state index contributed by atoms with van der Waals surface area (Å²) < 4.78 is 2.15. The maximum Gasteiger partial charge on any atom is 0.164 e. The molecular formula is C50H33N5. The quantitative estimate of drug-likeness (QED) is 0.166. The third-order valence-corrected chi connectivity index (χ3v) is 10.0. The van der Waals surface area contributed by atoms with Crippen LogP contribution in [0.2, 0.25) is 0 Å². The van der Waals surface area contributed by atoms with Gasteiger partial charge in [0.05, 0.1) is 11.2 Å². The third kappa shape index (κ3) is 5.94. The number of aromatic nitrogens is 5. The summed E-state index contributed by atoms with van der Waals surface area (Å²) in [5, 5.41) is 7.70. The first-order chi connectivity index (χ1) is 27.3. The van der Waals surface area contributed by atoms with E-state index in [1.807, 2.05) is 60.7 Å². The van der Waals surface area contributed by atoms with E-state index in [1.165, 1.54) is 0 Å². The largest absolute Gasteiger partial charge is 0.231 e. The molecule has 10 rings (SSSR count). The van der Waals surface area contributed by atoms with E-state index < -0.39 is 0 Å². The van der Waals surface area contributed by atoms with Crippen molar-refractivity contribution in [2.24, 2.45) is 0 Å². The van der Waals surface area contributed by atoms with Crippen molar-refractivity contribution < 1.29 is 0 Å². The maximum absolute atomic E-state index is 5.45. The molecule has 0 fully saturated rings. The van der Waals surface area contributed by atoms with Gasteiger partial charge >= 0.3 is 0 Å². The van der Waals surface area contributed by atoms with Gasteiger partial charge in [-0.3, -0.25) is 0 Å². The highest BCUT2D eigenvalue weighted by molar-refractivity contribution is 6.14. The van der Waals surface area contributed by atoms with Crippen molar-refractivity contribution in [1.82, 2.24) is 24.6 Å². The Bertz CT molecular complexity index is 2890. The van der Waals surface area contributed by atoms with Gasteiger partial charge in [0.1, 0.15) is 5.69 Å². The van der Waals surface area contributed by atoms with Crippen LogP contribution in [0, 0.1) is 0 Å². The van der Waals surface area contributed by atoms with E-state index in [4.69, 9.17) is 20.1 Å². The van der Waals surface area contributed by atoms with Gasteiger partial charge in [0.2, 0.25) is 0 Å². The van der Waals surface area contributed by atoms with Crippen LogP contribution in [0.15, 0.2) is 200 Å². The zero-order chi connectivity index (χ0) is 36.6. The molecule has 5 nitrogen and oxygen atoms in total. The molecule has 0 spiro atoms. The van der Waals surface area contributed by atoms with E-state index in [0.29, 0.717) is 17.5 Å². The summed E-state index contributed by atoms with van der Waals surface area (Å²) in [6.07, 6.45) is 0. The number of hydrogen-bond donors (Lipinski definition) is 0. The second-order valence-electron chi connectivity index (χ2n) is 13.5. The summed E-state index contributed by atoms with van der Waals surface area (Å²) in [7, 11) is 0. The van der Waals surface area contributed by atoms with Crippen LogP contribution in [-0.4, -0.2) is 24.6 Å². The molecule has 0 amide bonds. The van der Waals surface area contributed by atoms with Gasteiger partial charge in [0.15, 0.2) is 17.5 Å². The summed E-state index contributed by atoms with van der Waals surface area (Å²) in [6.45, 7) is 0. The fraction of sp³-hybridized carbons (Fsp3) is 0. The van der Waals surface area contributed by atoms with Crippen LogP contribution in [0.3, 0.4) is 0 Å². The van der Waals surface area contributed by atoms with Crippen molar-refractivity contribution in [2.45, 2.75) is 0 Å². The predicted octanol–water partition coefficient (Wildman–Crippen LogP) is 12.3. The van der Waals surface area contributed by atoms with Gasteiger partial charge in [-0.05, 0) is 34.2 Å². The normalized spacial score (nSPS) is 11.3. The molecule has 0 N–H and O–H groups in total. The van der Waals surface area contributed by atoms with Crippen LogP contribution in [0.1, 0.15) is 0 Å². The molecule has 0 atom stereocenters. The lowest BCUT2D eigenvalue weighted by Crippen LogP contribution is -2.00. The van der Waals surface area contributed by atoms with E-state index in [9.17, 15) is 0 Å². The molecule has 0 saturated carbocycles. The first-order valence-corrected chi connectivity index (χ1v) is 18.4. The fourth-order valence-electron chi connectivity index (χ4n) is 7.48. The molecule has 258 valence electrons. The average Bonchev–Trinajstić information content (AvgIpc) is 3.68. The second-order valence-corrected chi connectivity index (χ2v) is 13.5. The maximum atomic E-state index is 5.45. The number of fused-ring (bicyclic) bond motifs is 3. The Balaban J connectivity index is 1.24. The average molecular weight is 704 g/mol. The number of benzene rings is 7. The SMILES string of the molecule is c1ccc(-c2nc(-c3ccccc3)nc(-c3cccc(-c4cccc5cc(-c6ccccc6)n6nc(-c7ccccc7)c(-c7ccccc7)c6c45)c3)n2)cc1. The van der Waals surface area contributed by atoms with Crippen molar-refractivity contribution in [3.05, 3.63) is 200 Å². The lowest BCUT2D eigenvalue weighted by atomic mass is 9.92. The van der Waals surface area contributed by atoms with E-state index in [1.54, 1.807) is 0 Å². The predicted molar refractivity (Wildman–Crippen MR) is 224 cm³/mol. The molecule has 10 aromatic rings. The summed E-state index contributed by atoms with van der Waals surface area (Å²) in [6, 6.07) is 69.2. The molecule has 0 radical (unpaired) electrons. The number of nitrogens with zero attached hydrogens (tertiary/aromatic N) is 5. The first kappa shape index (κ1) is 32.2. The minimum Gasteiger partial charge on any atom is -0.231 e. The topological polar surface area (TPSA) is 56.0 Å². The molecule has 0 aliphatic carbocycles. The Hall–Kier alpha value is -7.50. The fourth-order valence-corrected chi connectivity index (χ4v) is 7.48. The molecule has 0 aliphatic heterocycles. The van der Waals surface area contributed by atoms with E-state index >= 15 is 0 Å². The van der Waals surface area contributed by atoms with Crippen molar-refractivity contribution in [1.29, 1.82) is 0 Å². The van der Waals surface area contributed by atoms with Gasteiger partial charge in [0.25, 0.3) is 0 Å². The highest BCUT2D eigenvalue weighted by atomic mass is 15.2. The van der Waals surface area contributed by atoms with Gasteiger partial charge in [0, 0.05) is 38.8 Å². The molecule has 3 aromatic heterocycles. The lowest BCUT2D eigenvalue weighted by Gasteiger charge is -2.15. The number of hydrogen-bond acceptors (Lipinski definition) is 4. The molecular weight excluding hydrogens is 671 g/mol. The molecule has 0 bridgehead atoms. The molecule has 7 aromatic carbocycles. The Morgan fingerprint density at radius 1 is 0.345 bits per heavy atom. The summed E-state index contributed by atoms with van der Waals surface area (Å²) in [4.78, 5) is 15.0. The van der Waals surface area contributed by atoms with Gasteiger partial charge in [-0.2, -0.15) is 5.10 Å². The van der Waals surface area contributed by atoms with Crippen LogP contribution >= 0.6 is 0 Å².